The number of hydrogen-bond donors (Lipinski definition) is 3. The van der Waals surface area contributed by atoms with E-state index in [0.717, 1.165) is 4.47 Å². The number of anilines is 1. The highest BCUT2D eigenvalue weighted by Crippen LogP contribution is 2.31. The van der Waals surface area contributed by atoms with Crippen LogP contribution >= 0.6 is 15.9 Å². The summed E-state index contributed by atoms with van der Waals surface area (Å²) in [5, 5.41) is 31.4. The summed E-state index contributed by atoms with van der Waals surface area (Å²) in [7, 11) is 0. The van der Waals surface area contributed by atoms with Crippen LogP contribution in [0.4, 0.5) is 5.69 Å². The first kappa shape index (κ1) is 14.2. The molecule has 20 heavy (non-hydrogen) atoms. The van der Waals surface area contributed by atoms with Crippen molar-refractivity contribution in [2.45, 2.75) is 13.0 Å². The Labute approximate surface area is 125 Å². The molecule has 0 bridgehead atoms. The maximum atomic E-state index is 9.84. The van der Waals surface area contributed by atoms with Crippen LogP contribution in [0.25, 0.3) is 0 Å². The van der Waals surface area contributed by atoms with E-state index in [0.29, 0.717) is 16.8 Å². The summed E-state index contributed by atoms with van der Waals surface area (Å²) in [6, 6.07) is 11.7. The normalized spacial score (nSPS) is 11.7. The molecule has 4 nitrogen and oxygen atoms in total. The molecule has 0 radical (unpaired) electrons. The molecule has 0 aliphatic rings. The van der Waals surface area contributed by atoms with Crippen molar-refractivity contribution in [3.05, 3.63) is 52.0 Å². The van der Waals surface area contributed by atoms with E-state index in [2.05, 4.69) is 27.3 Å². The molecule has 0 aliphatic heterocycles. The molecule has 0 saturated carbocycles. The number of nitrogens with one attached hydrogen (secondary N) is 1. The molecule has 0 aromatic heterocycles. The minimum atomic E-state index is -0.205. The summed E-state index contributed by atoms with van der Waals surface area (Å²) in [5.74, 6) is 0.0282. The van der Waals surface area contributed by atoms with Crippen LogP contribution in [0.15, 0.2) is 40.9 Å². The Bertz CT molecular complexity index is 680. The molecule has 0 fully saturated rings. The molecule has 0 saturated heterocycles. The first-order chi connectivity index (χ1) is 9.51. The second kappa shape index (κ2) is 5.85. The molecule has 0 aliphatic carbocycles. The van der Waals surface area contributed by atoms with Gasteiger partial charge in [0.1, 0.15) is 17.6 Å². The minimum absolute atomic E-state index is 0.0137. The van der Waals surface area contributed by atoms with Crippen molar-refractivity contribution in [3.8, 4) is 17.6 Å². The van der Waals surface area contributed by atoms with Crippen LogP contribution in [0.1, 0.15) is 24.1 Å². The first-order valence-corrected chi connectivity index (χ1v) is 6.78. The fraction of sp³-hybridized carbons (Fsp3) is 0.133. The van der Waals surface area contributed by atoms with Crippen molar-refractivity contribution >= 4 is 21.6 Å². The van der Waals surface area contributed by atoms with Crippen molar-refractivity contribution in [2.24, 2.45) is 0 Å². The zero-order valence-corrected chi connectivity index (χ0v) is 12.3. The molecule has 2 aromatic carbocycles. The molecule has 3 N–H and O–H groups in total. The quantitative estimate of drug-likeness (QED) is 0.796. The summed E-state index contributed by atoms with van der Waals surface area (Å²) >= 11 is 3.32. The second-order valence-corrected chi connectivity index (χ2v) is 5.33. The third-order valence-corrected chi connectivity index (χ3v) is 3.45. The molecule has 1 atom stereocenters. The van der Waals surface area contributed by atoms with Crippen molar-refractivity contribution in [3.63, 3.8) is 0 Å². The lowest BCUT2D eigenvalue weighted by molar-refractivity contribution is 0.444. The van der Waals surface area contributed by atoms with Crippen molar-refractivity contribution < 1.29 is 10.2 Å². The number of halogens is 1. The Hall–Kier alpha value is -2.19. The van der Waals surface area contributed by atoms with E-state index in [-0.39, 0.29) is 17.5 Å². The van der Waals surface area contributed by atoms with Gasteiger partial charge in [-0.1, -0.05) is 15.9 Å². The van der Waals surface area contributed by atoms with Crippen molar-refractivity contribution in [1.29, 1.82) is 5.26 Å². The molecular weight excluding hydrogens is 320 g/mol. The molecule has 1 unspecified atom stereocenters. The van der Waals surface area contributed by atoms with Crippen molar-refractivity contribution in [2.75, 3.05) is 5.32 Å². The highest BCUT2D eigenvalue weighted by molar-refractivity contribution is 9.10. The van der Waals surface area contributed by atoms with Gasteiger partial charge >= 0.3 is 0 Å². The monoisotopic (exact) mass is 332 g/mol. The van der Waals surface area contributed by atoms with Crippen LogP contribution in [-0.2, 0) is 0 Å². The lowest BCUT2D eigenvalue weighted by Gasteiger charge is -2.18. The molecule has 0 heterocycles. The predicted molar refractivity (Wildman–Crippen MR) is 80.7 cm³/mol. The Balaban J connectivity index is 2.28. The average Bonchev–Trinajstić information content (AvgIpc) is 2.40. The summed E-state index contributed by atoms with van der Waals surface area (Å²) in [6.07, 6.45) is 0. The van der Waals surface area contributed by atoms with E-state index in [1.807, 2.05) is 13.0 Å². The summed E-state index contributed by atoms with van der Waals surface area (Å²) in [5.41, 5.74) is 1.86. The van der Waals surface area contributed by atoms with E-state index >= 15 is 0 Å². The number of benzene rings is 2. The number of phenolic OH excluding ortho intramolecular Hbond substituents is 2. The van der Waals surface area contributed by atoms with E-state index in [1.165, 1.54) is 12.1 Å². The molecule has 0 spiro atoms. The van der Waals surface area contributed by atoms with Gasteiger partial charge < -0.3 is 15.5 Å². The van der Waals surface area contributed by atoms with Gasteiger partial charge in [-0.15, -0.1) is 0 Å². The van der Waals surface area contributed by atoms with E-state index in [4.69, 9.17) is 5.26 Å². The first-order valence-electron chi connectivity index (χ1n) is 5.99. The van der Waals surface area contributed by atoms with Gasteiger partial charge in [-0.2, -0.15) is 5.26 Å². The Morgan fingerprint density at radius 3 is 2.60 bits per heavy atom. The summed E-state index contributed by atoms with van der Waals surface area (Å²) in [6.45, 7) is 1.87. The van der Waals surface area contributed by atoms with Gasteiger partial charge in [0.05, 0.1) is 17.3 Å². The molecule has 0 amide bonds. The average molecular weight is 333 g/mol. The standard InChI is InChI=1S/C15H13BrN2O2/c1-9(13-4-3-12(19)7-15(13)20)18-14-5-2-11(16)6-10(14)8-17/h2-7,9,18-20H,1H3. The zero-order valence-electron chi connectivity index (χ0n) is 10.8. The maximum Gasteiger partial charge on any atom is 0.124 e. The molecule has 2 aromatic rings. The van der Waals surface area contributed by atoms with E-state index in [9.17, 15) is 10.2 Å². The van der Waals surface area contributed by atoms with E-state index in [1.54, 1.807) is 18.2 Å². The van der Waals surface area contributed by atoms with Crippen LogP contribution in [0, 0.1) is 11.3 Å². The third-order valence-electron chi connectivity index (χ3n) is 2.95. The van der Waals surface area contributed by atoms with Gasteiger partial charge in [0.25, 0.3) is 0 Å². The van der Waals surface area contributed by atoms with Crippen LogP contribution < -0.4 is 5.32 Å². The number of aromatic hydroxyl groups is 2. The largest absolute Gasteiger partial charge is 0.508 e. The fourth-order valence-electron chi connectivity index (χ4n) is 1.94. The Morgan fingerprint density at radius 2 is 1.95 bits per heavy atom. The van der Waals surface area contributed by atoms with Gasteiger partial charge in [0.2, 0.25) is 0 Å². The molecule has 5 heteroatoms. The highest BCUT2D eigenvalue weighted by Gasteiger charge is 2.12. The lowest BCUT2D eigenvalue weighted by atomic mass is 10.1. The minimum Gasteiger partial charge on any atom is -0.508 e. The van der Waals surface area contributed by atoms with E-state index < -0.39 is 0 Å². The smallest absolute Gasteiger partial charge is 0.124 e. The van der Waals surface area contributed by atoms with Crippen LogP contribution in [0.5, 0.6) is 11.5 Å². The lowest BCUT2D eigenvalue weighted by Crippen LogP contribution is -2.08. The summed E-state index contributed by atoms with van der Waals surface area (Å²) < 4.78 is 0.833. The molecular formula is C15H13BrN2O2. The van der Waals surface area contributed by atoms with Gasteiger partial charge in [0, 0.05) is 16.1 Å². The highest BCUT2D eigenvalue weighted by atomic mass is 79.9. The maximum absolute atomic E-state index is 9.84. The van der Waals surface area contributed by atoms with Crippen LogP contribution in [-0.4, -0.2) is 10.2 Å². The van der Waals surface area contributed by atoms with Gasteiger partial charge in [-0.05, 0) is 37.3 Å². The zero-order chi connectivity index (χ0) is 14.7. The Kier molecular flexibility index (Phi) is 4.16. The number of nitrogens with zero attached hydrogens (tertiary/aromatic N) is 1. The van der Waals surface area contributed by atoms with Crippen LogP contribution in [0.2, 0.25) is 0 Å². The molecule has 102 valence electrons. The number of rotatable bonds is 3. The third kappa shape index (κ3) is 3.03. The fourth-order valence-corrected chi connectivity index (χ4v) is 2.31. The SMILES string of the molecule is CC(Nc1ccc(Br)cc1C#N)c1ccc(O)cc1O. The second-order valence-electron chi connectivity index (χ2n) is 4.41. The van der Waals surface area contributed by atoms with Gasteiger partial charge in [0.15, 0.2) is 0 Å². The van der Waals surface area contributed by atoms with Gasteiger partial charge in [-0.25, -0.2) is 0 Å². The van der Waals surface area contributed by atoms with Crippen molar-refractivity contribution in [1.82, 2.24) is 0 Å². The number of phenols is 2. The van der Waals surface area contributed by atoms with Crippen LogP contribution in [0.3, 0.4) is 0 Å². The number of nitriles is 1. The summed E-state index contributed by atoms with van der Waals surface area (Å²) in [4.78, 5) is 0. The number of hydrogen-bond acceptors (Lipinski definition) is 4. The molecule has 2 rings (SSSR count). The Morgan fingerprint density at radius 1 is 1.20 bits per heavy atom. The topological polar surface area (TPSA) is 76.3 Å². The van der Waals surface area contributed by atoms with Gasteiger partial charge in [-0.3, -0.25) is 0 Å². The predicted octanol–water partition coefficient (Wildman–Crippen LogP) is 3.91.